The molecule has 0 aliphatic heterocycles. The van der Waals surface area contributed by atoms with E-state index in [-0.39, 0.29) is 12.5 Å². The van der Waals surface area contributed by atoms with Gasteiger partial charge in [-0.2, -0.15) is 0 Å². The largest absolute Gasteiger partial charge is 0.494 e. The van der Waals surface area contributed by atoms with Crippen molar-refractivity contribution < 1.29 is 14.3 Å². The normalized spacial score (nSPS) is 11.0. The summed E-state index contributed by atoms with van der Waals surface area (Å²) in [5.41, 5.74) is 2.04. The lowest BCUT2D eigenvalue weighted by Crippen LogP contribution is -2.20. The Morgan fingerprint density at radius 3 is 2.75 bits per heavy atom. The summed E-state index contributed by atoms with van der Waals surface area (Å²) < 4.78 is 13.1. The second-order valence-electron chi connectivity index (χ2n) is 6.68. The molecule has 0 bridgehead atoms. The third-order valence-corrected chi connectivity index (χ3v) is 5.61. The lowest BCUT2D eigenvalue weighted by molar-refractivity contribution is -0.118. The van der Waals surface area contributed by atoms with Crippen LogP contribution >= 0.6 is 27.3 Å². The molecule has 0 radical (unpaired) electrons. The van der Waals surface area contributed by atoms with Gasteiger partial charge in [0.25, 0.3) is 5.91 Å². The van der Waals surface area contributed by atoms with Crippen molar-refractivity contribution in [1.82, 2.24) is 4.98 Å². The molecule has 0 atom stereocenters. The van der Waals surface area contributed by atoms with Crippen LogP contribution in [-0.4, -0.2) is 24.1 Å². The van der Waals surface area contributed by atoms with Crippen molar-refractivity contribution in [3.05, 3.63) is 46.4 Å². The van der Waals surface area contributed by atoms with Crippen molar-refractivity contribution in [2.45, 2.75) is 33.1 Å². The molecule has 3 aromatic rings. The number of halogens is 1. The average Bonchev–Trinajstić information content (AvgIpc) is 3.06. The fourth-order valence-corrected chi connectivity index (χ4v) is 3.98. The number of ether oxygens (including phenoxy) is 2. The first-order chi connectivity index (χ1) is 13.5. The Bertz CT molecular complexity index is 971. The topological polar surface area (TPSA) is 60.5 Å². The first-order valence-electron chi connectivity index (χ1n) is 9.21. The lowest BCUT2D eigenvalue weighted by Gasteiger charge is -2.11. The minimum absolute atomic E-state index is 0.0829. The number of rotatable bonds is 8. The molecule has 7 heteroatoms. The van der Waals surface area contributed by atoms with E-state index in [0.717, 1.165) is 26.9 Å². The van der Waals surface area contributed by atoms with Gasteiger partial charge in [-0.15, -0.1) is 0 Å². The number of carbonyl (C=O) groups excluding carboxylic acids is 1. The standard InChI is InChI=1S/C21H23BrN2O3S/c1-4-9-26-15-6-7-17-19(11-15)28-21(23-17)24-20(25)12-27-18-8-5-14(13(2)3)10-16(18)22/h5-8,10-11,13H,4,9,12H2,1-3H3,(H,23,24,25). The van der Waals surface area contributed by atoms with Crippen LogP contribution in [0.25, 0.3) is 10.2 Å². The summed E-state index contributed by atoms with van der Waals surface area (Å²) >= 11 is 4.92. The Hall–Kier alpha value is -2.12. The van der Waals surface area contributed by atoms with Crippen molar-refractivity contribution in [3.63, 3.8) is 0 Å². The summed E-state index contributed by atoms with van der Waals surface area (Å²) in [6.45, 7) is 6.93. The van der Waals surface area contributed by atoms with Crippen LogP contribution in [-0.2, 0) is 4.79 Å². The van der Waals surface area contributed by atoms with E-state index in [4.69, 9.17) is 9.47 Å². The number of amides is 1. The molecule has 0 aliphatic carbocycles. The number of anilines is 1. The highest BCUT2D eigenvalue weighted by atomic mass is 79.9. The van der Waals surface area contributed by atoms with E-state index in [1.807, 2.05) is 36.4 Å². The Morgan fingerprint density at radius 1 is 1.21 bits per heavy atom. The van der Waals surface area contributed by atoms with E-state index in [9.17, 15) is 4.79 Å². The maximum atomic E-state index is 12.2. The van der Waals surface area contributed by atoms with Crippen molar-refractivity contribution in [2.24, 2.45) is 0 Å². The summed E-state index contributed by atoms with van der Waals surface area (Å²) in [5.74, 6) is 1.64. The SMILES string of the molecule is CCCOc1ccc2nc(NC(=O)COc3ccc(C(C)C)cc3Br)sc2c1. The van der Waals surface area contributed by atoms with Crippen LogP contribution in [0.2, 0.25) is 0 Å². The molecule has 0 fully saturated rings. The number of carbonyl (C=O) groups is 1. The van der Waals surface area contributed by atoms with Crippen LogP contribution in [0, 0.1) is 0 Å². The van der Waals surface area contributed by atoms with Crippen molar-refractivity contribution in [3.8, 4) is 11.5 Å². The van der Waals surface area contributed by atoms with Gasteiger partial charge in [-0.1, -0.05) is 38.2 Å². The van der Waals surface area contributed by atoms with Crippen LogP contribution < -0.4 is 14.8 Å². The van der Waals surface area contributed by atoms with Gasteiger partial charge < -0.3 is 9.47 Å². The highest BCUT2D eigenvalue weighted by Gasteiger charge is 2.11. The second-order valence-corrected chi connectivity index (χ2v) is 8.56. The quantitative estimate of drug-likeness (QED) is 0.446. The van der Waals surface area contributed by atoms with Gasteiger partial charge in [0.2, 0.25) is 0 Å². The molecule has 0 saturated heterocycles. The van der Waals surface area contributed by atoms with E-state index in [1.165, 1.54) is 16.9 Å². The average molecular weight is 463 g/mol. The molecule has 2 aromatic carbocycles. The Morgan fingerprint density at radius 2 is 2.04 bits per heavy atom. The van der Waals surface area contributed by atoms with Gasteiger partial charge in [0, 0.05) is 0 Å². The fraction of sp³-hybridized carbons (Fsp3) is 0.333. The van der Waals surface area contributed by atoms with Crippen LogP contribution in [0.4, 0.5) is 5.13 Å². The molecule has 28 heavy (non-hydrogen) atoms. The number of hydrogen-bond acceptors (Lipinski definition) is 5. The molecule has 0 aliphatic rings. The van der Waals surface area contributed by atoms with Crippen LogP contribution in [0.5, 0.6) is 11.5 Å². The van der Waals surface area contributed by atoms with Gasteiger partial charge in [-0.25, -0.2) is 4.98 Å². The molecular formula is C21H23BrN2O3S. The Labute approximate surface area is 177 Å². The molecule has 1 amide bonds. The number of thiazole rings is 1. The molecule has 0 spiro atoms. The molecule has 0 unspecified atom stereocenters. The second kappa shape index (κ2) is 9.39. The number of fused-ring (bicyclic) bond motifs is 1. The zero-order valence-electron chi connectivity index (χ0n) is 16.1. The molecule has 1 heterocycles. The zero-order chi connectivity index (χ0) is 20.1. The van der Waals surface area contributed by atoms with E-state index >= 15 is 0 Å². The third kappa shape index (κ3) is 5.23. The van der Waals surface area contributed by atoms with Gasteiger partial charge in [0.1, 0.15) is 11.5 Å². The number of aromatic nitrogens is 1. The van der Waals surface area contributed by atoms with Gasteiger partial charge in [0.15, 0.2) is 11.7 Å². The first-order valence-corrected chi connectivity index (χ1v) is 10.8. The van der Waals surface area contributed by atoms with Gasteiger partial charge in [-0.3, -0.25) is 10.1 Å². The Kier molecular flexibility index (Phi) is 6.91. The third-order valence-electron chi connectivity index (χ3n) is 4.06. The molecule has 3 rings (SSSR count). The molecule has 1 N–H and O–H groups in total. The fourth-order valence-electron chi connectivity index (χ4n) is 2.56. The van der Waals surface area contributed by atoms with Crippen molar-refractivity contribution >= 4 is 48.5 Å². The maximum Gasteiger partial charge on any atom is 0.264 e. The number of benzene rings is 2. The van der Waals surface area contributed by atoms with Crippen LogP contribution in [0.1, 0.15) is 38.7 Å². The van der Waals surface area contributed by atoms with E-state index in [1.54, 1.807) is 0 Å². The predicted molar refractivity (Wildman–Crippen MR) is 118 cm³/mol. The van der Waals surface area contributed by atoms with Gasteiger partial charge in [-0.05, 0) is 64.2 Å². The predicted octanol–water partition coefficient (Wildman–Crippen LogP) is 5.99. The summed E-state index contributed by atoms with van der Waals surface area (Å²) in [6.07, 6.45) is 0.957. The maximum absolute atomic E-state index is 12.2. The minimum atomic E-state index is -0.249. The van der Waals surface area contributed by atoms with Crippen LogP contribution in [0.15, 0.2) is 40.9 Å². The lowest BCUT2D eigenvalue weighted by atomic mass is 10.0. The Balaban J connectivity index is 1.60. The highest BCUT2D eigenvalue weighted by molar-refractivity contribution is 9.10. The zero-order valence-corrected chi connectivity index (χ0v) is 18.5. The molecule has 5 nitrogen and oxygen atoms in total. The van der Waals surface area contributed by atoms with Crippen molar-refractivity contribution in [1.29, 1.82) is 0 Å². The molecular weight excluding hydrogens is 440 g/mol. The number of nitrogens with zero attached hydrogens (tertiary/aromatic N) is 1. The van der Waals surface area contributed by atoms with E-state index in [0.29, 0.717) is 23.4 Å². The molecule has 1 aromatic heterocycles. The number of nitrogens with one attached hydrogen (secondary N) is 1. The van der Waals surface area contributed by atoms with E-state index in [2.05, 4.69) is 47.0 Å². The van der Waals surface area contributed by atoms with Crippen LogP contribution in [0.3, 0.4) is 0 Å². The monoisotopic (exact) mass is 462 g/mol. The summed E-state index contributed by atoms with van der Waals surface area (Å²) in [6, 6.07) is 11.6. The summed E-state index contributed by atoms with van der Waals surface area (Å²) in [5, 5.41) is 3.35. The molecule has 148 valence electrons. The first kappa shape index (κ1) is 20.6. The smallest absolute Gasteiger partial charge is 0.264 e. The summed E-state index contributed by atoms with van der Waals surface area (Å²) in [4.78, 5) is 16.7. The van der Waals surface area contributed by atoms with Gasteiger partial charge >= 0.3 is 0 Å². The number of hydrogen-bond donors (Lipinski definition) is 1. The molecule has 0 saturated carbocycles. The highest BCUT2D eigenvalue weighted by Crippen LogP contribution is 2.30. The minimum Gasteiger partial charge on any atom is -0.494 e. The van der Waals surface area contributed by atoms with Crippen molar-refractivity contribution in [2.75, 3.05) is 18.5 Å². The van der Waals surface area contributed by atoms with E-state index < -0.39 is 0 Å². The summed E-state index contributed by atoms with van der Waals surface area (Å²) in [7, 11) is 0. The van der Waals surface area contributed by atoms with Gasteiger partial charge in [0.05, 0.1) is 21.3 Å².